The zero-order valence-electron chi connectivity index (χ0n) is 11.9. The van der Waals surface area contributed by atoms with Crippen molar-refractivity contribution in [2.24, 2.45) is 23.7 Å². The first kappa shape index (κ1) is 11.9. The number of hydrogen-bond donors (Lipinski definition) is 0. The van der Waals surface area contributed by atoms with Gasteiger partial charge in [-0.2, -0.15) is 0 Å². The van der Waals surface area contributed by atoms with Crippen LogP contribution in [0.4, 0.5) is 10.2 Å². The Morgan fingerprint density at radius 2 is 1.81 bits per heavy atom. The van der Waals surface area contributed by atoms with Crippen LogP contribution in [0.2, 0.25) is 0 Å². The number of halogens is 1. The van der Waals surface area contributed by atoms with Crippen LogP contribution < -0.4 is 4.90 Å². The third-order valence-corrected chi connectivity index (χ3v) is 6.01. The molecule has 2 bridgehead atoms. The molecule has 5 rings (SSSR count). The lowest BCUT2D eigenvalue weighted by molar-refractivity contribution is 0.281. The first-order valence-corrected chi connectivity index (χ1v) is 7.95. The molecular formula is C17H18FN3. The maximum absolute atomic E-state index is 13.4. The fourth-order valence-corrected chi connectivity index (χ4v) is 5.12. The average Bonchev–Trinajstić information content (AvgIpc) is 3.18. The molecule has 0 amide bonds. The minimum absolute atomic E-state index is 0.233. The summed E-state index contributed by atoms with van der Waals surface area (Å²) in [5, 5.41) is 0.978. The van der Waals surface area contributed by atoms with E-state index in [4.69, 9.17) is 0 Å². The fraction of sp³-hybridized carbons (Fsp3) is 0.529. The molecule has 3 fully saturated rings. The molecule has 0 unspecified atom stereocenters. The van der Waals surface area contributed by atoms with Crippen LogP contribution in [0, 0.1) is 29.5 Å². The van der Waals surface area contributed by atoms with Crippen LogP contribution in [0.15, 0.2) is 24.5 Å². The van der Waals surface area contributed by atoms with E-state index in [0.29, 0.717) is 5.52 Å². The summed E-state index contributed by atoms with van der Waals surface area (Å²) >= 11 is 0. The lowest BCUT2D eigenvalue weighted by atomic mass is 9.82. The number of rotatable bonds is 1. The fourth-order valence-electron chi connectivity index (χ4n) is 5.12. The smallest absolute Gasteiger partial charge is 0.139 e. The van der Waals surface area contributed by atoms with E-state index < -0.39 is 0 Å². The second kappa shape index (κ2) is 4.15. The number of benzene rings is 1. The largest absolute Gasteiger partial charge is 0.355 e. The van der Waals surface area contributed by atoms with Crippen LogP contribution >= 0.6 is 0 Å². The summed E-state index contributed by atoms with van der Waals surface area (Å²) in [4.78, 5) is 11.1. The maximum atomic E-state index is 13.4. The second-order valence-corrected chi connectivity index (χ2v) is 6.92. The molecule has 0 spiro atoms. The highest BCUT2D eigenvalue weighted by atomic mass is 19.1. The molecule has 1 aromatic carbocycles. The van der Waals surface area contributed by atoms with Crippen molar-refractivity contribution in [3.8, 4) is 0 Å². The summed E-state index contributed by atoms with van der Waals surface area (Å²) in [6, 6.07) is 4.83. The highest BCUT2D eigenvalue weighted by Crippen LogP contribution is 2.55. The van der Waals surface area contributed by atoms with E-state index in [1.165, 1.54) is 31.4 Å². The zero-order valence-corrected chi connectivity index (χ0v) is 11.9. The van der Waals surface area contributed by atoms with Gasteiger partial charge in [0.25, 0.3) is 0 Å². The monoisotopic (exact) mass is 283 g/mol. The molecular weight excluding hydrogens is 265 g/mol. The van der Waals surface area contributed by atoms with Crippen molar-refractivity contribution >= 4 is 16.7 Å². The SMILES string of the molecule is Fc1ccc2c(N3C[C@@H]4[C@@H]5CC[C@@H](C5)[C@@H]4C3)ncnc2c1. The number of hydrogen-bond acceptors (Lipinski definition) is 3. The third kappa shape index (κ3) is 1.65. The summed E-state index contributed by atoms with van der Waals surface area (Å²) in [5.41, 5.74) is 0.708. The Morgan fingerprint density at radius 1 is 1.05 bits per heavy atom. The van der Waals surface area contributed by atoms with Gasteiger partial charge in [0.2, 0.25) is 0 Å². The Labute approximate surface area is 123 Å². The van der Waals surface area contributed by atoms with Gasteiger partial charge in [-0.25, -0.2) is 14.4 Å². The molecule has 3 aliphatic rings. The normalized spacial score (nSPS) is 33.9. The van der Waals surface area contributed by atoms with E-state index in [2.05, 4.69) is 14.9 Å². The number of nitrogens with zero attached hydrogens (tertiary/aromatic N) is 3. The molecule has 0 N–H and O–H groups in total. The van der Waals surface area contributed by atoms with Gasteiger partial charge in [-0.15, -0.1) is 0 Å². The lowest BCUT2D eigenvalue weighted by Crippen LogP contribution is -2.23. The van der Waals surface area contributed by atoms with Gasteiger partial charge < -0.3 is 4.90 Å². The van der Waals surface area contributed by atoms with E-state index in [1.807, 2.05) is 6.07 Å². The van der Waals surface area contributed by atoms with Gasteiger partial charge in [-0.3, -0.25) is 0 Å². The molecule has 2 aromatic rings. The second-order valence-electron chi connectivity index (χ2n) is 6.92. The molecule has 3 nitrogen and oxygen atoms in total. The van der Waals surface area contributed by atoms with Gasteiger partial charge in [-0.05, 0) is 55.1 Å². The minimum Gasteiger partial charge on any atom is -0.355 e. The Morgan fingerprint density at radius 3 is 2.57 bits per heavy atom. The van der Waals surface area contributed by atoms with Crippen molar-refractivity contribution < 1.29 is 4.39 Å². The molecule has 2 saturated carbocycles. The van der Waals surface area contributed by atoms with Crippen LogP contribution in [0.1, 0.15) is 19.3 Å². The molecule has 4 atom stereocenters. The molecule has 21 heavy (non-hydrogen) atoms. The highest BCUT2D eigenvalue weighted by molar-refractivity contribution is 5.89. The molecule has 1 aromatic heterocycles. The van der Waals surface area contributed by atoms with E-state index >= 15 is 0 Å². The number of fused-ring (bicyclic) bond motifs is 6. The summed E-state index contributed by atoms with van der Waals surface area (Å²) in [7, 11) is 0. The molecule has 0 radical (unpaired) electrons. The molecule has 1 aliphatic heterocycles. The topological polar surface area (TPSA) is 29.0 Å². The summed E-state index contributed by atoms with van der Waals surface area (Å²) < 4.78 is 13.4. The maximum Gasteiger partial charge on any atom is 0.139 e. The van der Waals surface area contributed by atoms with Crippen LogP contribution in [0.5, 0.6) is 0 Å². The van der Waals surface area contributed by atoms with Crippen LogP contribution in [0.3, 0.4) is 0 Å². The quantitative estimate of drug-likeness (QED) is 0.804. The van der Waals surface area contributed by atoms with Crippen molar-refractivity contribution in [3.63, 3.8) is 0 Å². The Bertz CT molecular complexity index is 698. The van der Waals surface area contributed by atoms with Gasteiger partial charge in [-0.1, -0.05) is 0 Å². The standard InChI is InChI=1S/C17H18FN3/c18-12-3-4-13-16(6-12)19-9-20-17(13)21-7-14-10-1-2-11(5-10)15(14)8-21/h3-4,6,9-11,14-15H,1-2,5,7-8H2/t10-,11+,14-,15+. The summed E-state index contributed by atoms with van der Waals surface area (Å²) in [5.74, 6) is 4.35. The predicted octanol–water partition coefficient (Wildman–Crippen LogP) is 3.25. The highest BCUT2D eigenvalue weighted by Gasteiger charge is 2.51. The van der Waals surface area contributed by atoms with Gasteiger partial charge in [0.15, 0.2) is 0 Å². The first-order valence-electron chi connectivity index (χ1n) is 7.95. The lowest BCUT2D eigenvalue weighted by Gasteiger charge is -2.22. The first-order chi connectivity index (χ1) is 10.3. The van der Waals surface area contributed by atoms with Crippen LogP contribution in [-0.2, 0) is 0 Å². The van der Waals surface area contributed by atoms with Crippen LogP contribution in [0.25, 0.3) is 10.9 Å². The van der Waals surface area contributed by atoms with Crippen molar-refractivity contribution in [2.45, 2.75) is 19.3 Å². The minimum atomic E-state index is -0.233. The van der Waals surface area contributed by atoms with Crippen LogP contribution in [-0.4, -0.2) is 23.1 Å². The van der Waals surface area contributed by atoms with Gasteiger partial charge >= 0.3 is 0 Å². The summed E-state index contributed by atoms with van der Waals surface area (Å²) in [6.07, 6.45) is 5.88. The average molecular weight is 283 g/mol. The van der Waals surface area contributed by atoms with Gasteiger partial charge in [0, 0.05) is 24.5 Å². The predicted molar refractivity (Wildman–Crippen MR) is 79.5 cm³/mol. The van der Waals surface area contributed by atoms with Gasteiger partial charge in [0.1, 0.15) is 18.0 Å². The van der Waals surface area contributed by atoms with Crippen molar-refractivity contribution in [3.05, 3.63) is 30.3 Å². The van der Waals surface area contributed by atoms with Crippen molar-refractivity contribution in [1.82, 2.24) is 9.97 Å². The van der Waals surface area contributed by atoms with E-state index in [0.717, 1.165) is 48.0 Å². The molecule has 108 valence electrons. The zero-order chi connectivity index (χ0) is 14.0. The number of anilines is 1. The third-order valence-electron chi connectivity index (χ3n) is 6.01. The molecule has 4 heteroatoms. The van der Waals surface area contributed by atoms with Crippen molar-refractivity contribution in [1.29, 1.82) is 0 Å². The van der Waals surface area contributed by atoms with E-state index in [1.54, 1.807) is 6.33 Å². The van der Waals surface area contributed by atoms with Gasteiger partial charge in [0.05, 0.1) is 5.52 Å². The Hall–Kier alpha value is -1.71. The van der Waals surface area contributed by atoms with E-state index in [-0.39, 0.29) is 5.82 Å². The van der Waals surface area contributed by atoms with Crippen molar-refractivity contribution in [2.75, 3.05) is 18.0 Å². The Kier molecular flexibility index (Phi) is 2.35. The molecule has 2 aliphatic carbocycles. The van der Waals surface area contributed by atoms with E-state index in [9.17, 15) is 4.39 Å². The number of aromatic nitrogens is 2. The molecule has 1 saturated heterocycles. The molecule has 2 heterocycles. The Balaban J connectivity index is 1.54. The summed E-state index contributed by atoms with van der Waals surface area (Å²) in [6.45, 7) is 2.24.